The molecule has 24 heavy (non-hydrogen) atoms. The Morgan fingerprint density at radius 1 is 1.12 bits per heavy atom. The summed E-state index contributed by atoms with van der Waals surface area (Å²) in [4.78, 5) is 12.3. The second kappa shape index (κ2) is 7.21. The SMILES string of the molecule is CC(C)NS(=O)(=O)c1ccc(C(=O)Nc2cc(Cl)ccc2O)cc1. The molecular formula is C16H17ClN2O4S. The number of halogens is 1. The van der Waals surface area contributed by atoms with E-state index in [1.165, 1.54) is 42.5 Å². The van der Waals surface area contributed by atoms with E-state index < -0.39 is 15.9 Å². The third-order valence-electron chi connectivity index (χ3n) is 3.02. The van der Waals surface area contributed by atoms with Crippen LogP contribution in [0.5, 0.6) is 5.75 Å². The van der Waals surface area contributed by atoms with E-state index in [-0.39, 0.29) is 27.9 Å². The second-order valence-corrected chi connectivity index (χ2v) is 7.57. The highest BCUT2D eigenvalue weighted by Crippen LogP contribution is 2.27. The number of carbonyl (C=O) groups excluding carboxylic acids is 1. The highest BCUT2D eigenvalue weighted by atomic mass is 35.5. The molecule has 2 aromatic carbocycles. The Labute approximate surface area is 145 Å². The number of anilines is 1. The zero-order valence-electron chi connectivity index (χ0n) is 13.1. The quantitative estimate of drug-likeness (QED) is 0.707. The van der Waals surface area contributed by atoms with Gasteiger partial charge in [-0.1, -0.05) is 11.6 Å². The first kappa shape index (κ1) is 18.3. The summed E-state index contributed by atoms with van der Waals surface area (Å²) in [6.07, 6.45) is 0. The van der Waals surface area contributed by atoms with Gasteiger partial charge in [0.2, 0.25) is 10.0 Å². The molecular weight excluding hydrogens is 352 g/mol. The minimum atomic E-state index is -3.61. The van der Waals surface area contributed by atoms with Gasteiger partial charge in [0.25, 0.3) is 5.91 Å². The fourth-order valence-electron chi connectivity index (χ4n) is 1.97. The van der Waals surface area contributed by atoms with Crippen LogP contribution in [-0.2, 0) is 10.0 Å². The number of aromatic hydroxyl groups is 1. The van der Waals surface area contributed by atoms with Crippen molar-refractivity contribution in [1.82, 2.24) is 4.72 Å². The Bertz CT molecular complexity index is 849. The molecule has 0 spiro atoms. The highest BCUT2D eigenvalue weighted by Gasteiger charge is 2.16. The van der Waals surface area contributed by atoms with E-state index in [4.69, 9.17) is 11.6 Å². The molecule has 0 aromatic heterocycles. The topological polar surface area (TPSA) is 95.5 Å². The average Bonchev–Trinajstić information content (AvgIpc) is 2.50. The Morgan fingerprint density at radius 3 is 2.33 bits per heavy atom. The first-order valence-electron chi connectivity index (χ1n) is 7.11. The monoisotopic (exact) mass is 368 g/mol. The molecule has 0 fully saturated rings. The van der Waals surface area contributed by atoms with Gasteiger partial charge >= 0.3 is 0 Å². The lowest BCUT2D eigenvalue weighted by Gasteiger charge is -2.11. The van der Waals surface area contributed by atoms with Crippen LogP contribution in [0.15, 0.2) is 47.4 Å². The van der Waals surface area contributed by atoms with Crippen LogP contribution in [0.2, 0.25) is 5.02 Å². The number of nitrogens with one attached hydrogen (secondary N) is 2. The summed E-state index contributed by atoms with van der Waals surface area (Å²) in [6.45, 7) is 3.44. The molecule has 0 radical (unpaired) electrons. The van der Waals surface area contributed by atoms with E-state index in [9.17, 15) is 18.3 Å². The molecule has 0 atom stereocenters. The van der Waals surface area contributed by atoms with Gasteiger partial charge in [-0.05, 0) is 56.3 Å². The minimum Gasteiger partial charge on any atom is -0.506 e. The van der Waals surface area contributed by atoms with E-state index in [2.05, 4.69) is 10.0 Å². The Balaban J connectivity index is 2.18. The zero-order valence-corrected chi connectivity index (χ0v) is 14.6. The van der Waals surface area contributed by atoms with E-state index in [1.807, 2.05) is 0 Å². The Morgan fingerprint density at radius 2 is 1.75 bits per heavy atom. The molecule has 3 N–H and O–H groups in total. The van der Waals surface area contributed by atoms with E-state index in [0.29, 0.717) is 5.02 Å². The van der Waals surface area contributed by atoms with E-state index in [1.54, 1.807) is 13.8 Å². The van der Waals surface area contributed by atoms with Gasteiger partial charge in [-0.15, -0.1) is 0 Å². The number of phenols is 1. The minimum absolute atomic E-state index is 0.0679. The third-order valence-corrected chi connectivity index (χ3v) is 4.93. The molecule has 6 nitrogen and oxygen atoms in total. The van der Waals surface area contributed by atoms with Gasteiger partial charge in [0.05, 0.1) is 10.6 Å². The molecule has 128 valence electrons. The normalized spacial score (nSPS) is 11.5. The summed E-state index contributed by atoms with van der Waals surface area (Å²) >= 11 is 5.82. The summed E-state index contributed by atoms with van der Waals surface area (Å²) in [5.74, 6) is -0.610. The standard InChI is InChI=1S/C16H17ClN2O4S/c1-10(2)19-24(22,23)13-6-3-11(4-7-13)16(21)18-14-9-12(17)5-8-15(14)20/h3-10,19-20H,1-2H3,(H,18,21). The Kier molecular flexibility index (Phi) is 5.48. The zero-order chi connectivity index (χ0) is 17.9. The van der Waals surface area contributed by atoms with Gasteiger partial charge in [0, 0.05) is 16.6 Å². The number of sulfonamides is 1. The average molecular weight is 369 g/mol. The van der Waals surface area contributed by atoms with Gasteiger partial charge in [0.15, 0.2) is 0 Å². The lowest BCUT2D eigenvalue weighted by Crippen LogP contribution is -2.30. The van der Waals surface area contributed by atoms with Crippen LogP contribution >= 0.6 is 11.6 Å². The number of carbonyl (C=O) groups is 1. The van der Waals surface area contributed by atoms with Crippen LogP contribution in [-0.4, -0.2) is 25.5 Å². The molecule has 0 aliphatic heterocycles. The van der Waals surface area contributed by atoms with Crippen molar-refractivity contribution < 1.29 is 18.3 Å². The summed E-state index contributed by atoms with van der Waals surface area (Å²) in [5.41, 5.74) is 0.420. The maximum atomic E-state index is 12.2. The van der Waals surface area contributed by atoms with Gasteiger partial charge in [-0.3, -0.25) is 4.79 Å². The molecule has 2 rings (SSSR count). The summed E-state index contributed by atoms with van der Waals surface area (Å²) in [5, 5.41) is 12.6. The van der Waals surface area contributed by atoms with Gasteiger partial charge in [-0.2, -0.15) is 0 Å². The number of amides is 1. The molecule has 0 aliphatic rings. The fourth-order valence-corrected chi connectivity index (χ4v) is 3.39. The molecule has 0 heterocycles. The van der Waals surface area contributed by atoms with Crippen LogP contribution in [0, 0.1) is 0 Å². The number of phenolic OH excluding ortho intramolecular Hbond substituents is 1. The van der Waals surface area contributed by atoms with Gasteiger partial charge in [-0.25, -0.2) is 13.1 Å². The summed E-state index contributed by atoms with van der Waals surface area (Å²) in [6, 6.07) is 9.52. The van der Waals surface area contributed by atoms with Crippen LogP contribution in [0.4, 0.5) is 5.69 Å². The fraction of sp³-hybridized carbons (Fsp3) is 0.188. The largest absolute Gasteiger partial charge is 0.506 e. The smallest absolute Gasteiger partial charge is 0.255 e. The highest BCUT2D eigenvalue weighted by molar-refractivity contribution is 7.89. The van der Waals surface area contributed by atoms with Crippen molar-refractivity contribution >= 4 is 33.2 Å². The van der Waals surface area contributed by atoms with Crippen LogP contribution in [0.3, 0.4) is 0 Å². The molecule has 0 saturated carbocycles. The van der Waals surface area contributed by atoms with Gasteiger partial charge in [0.1, 0.15) is 5.75 Å². The van der Waals surface area contributed by atoms with Crippen molar-refractivity contribution in [2.45, 2.75) is 24.8 Å². The third kappa shape index (κ3) is 4.47. The van der Waals surface area contributed by atoms with Crippen molar-refractivity contribution in [2.75, 3.05) is 5.32 Å². The maximum Gasteiger partial charge on any atom is 0.255 e. The number of benzene rings is 2. The predicted molar refractivity (Wildman–Crippen MR) is 93.0 cm³/mol. The van der Waals surface area contributed by atoms with E-state index >= 15 is 0 Å². The molecule has 0 saturated heterocycles. The van der Waals surface area contributed by atoms with Crippen molar-refractivity contribution in [3.63, 3.8) is 0 Å². The molecule has 8 heteroatoms. The number of hydrogen-bond acceptors (Lipinski definition) is 4. The van der Waals surface area contributed by atoms with Crippen molar-refractivity contribution in [2.24, 2.45) is 0 Å². The lowest BCUT2D eigenvalue weighted by molar-refractivity contribution is 0.102. The number of hydrogen-bond donors (Lipinski definition) is 3. The summed E-state index contributed by atoms with van der Waals surface area (Å²) in [7, 11) is -3.61. The van der Waals surface area contributed by atoms with Crippen molar-refractivity contribution in [3.8, 4) is 5.75 Å². The molecule has 0 unspecified atom stereocenters. The first-order valence-corrected chi connectivity index (χ1v) is 8.97. The maximum absolute atomic E-state index is 12.2. The van der Waals surface area contributed by atoms with Crippen LogP contribution < -0.4 is 10.0 Å². The number of rotatable bonds is 5. The Hall–Kier alpha value is -2.09. The van der Waals surface area contributed by atoms with Gasteiger partial charge < -0.3 is 10.4 Å². The van der Waals surface area contributed by atoms with Crippen LogP contribution in [0.25, 0.3) is 0 Å². The van der Waals surface area contributed by atoms with Crippen molar-refractivity contribution in [1.29, 1.82) is 0 Å². The molecule has 2 aromatic rings. The summed E-state index contributed by atoms with van der Waals surface area (Å²) < 4.78 is 26.5. The van der Waals surface area contributed by atoms with Crippen molar-refractivity contribution in [3.05, 3.63) is 53.1 Å². The molecule has 0 aliphatic carbocycles. The van der Waals surface area contributed by atoms with E-state index in [0.717, 1.165) is 0 Å². The molecule has 1 amide bonds. The molecule has 0 bridgehead atoms. The lowest BCUT2D eigenvalue weighted by atomic mass is 10.2. The van der Waals surface area contributed by atoms with Crippen LogP contribution in [0.1, 0.15) is 24.2 Å². The second-order valence-electron chi connectivity index (χ2n) is 5.42. The first-order chi connectivity index (χ1) is 11.2. The predicted octanol–water partition coefficient (Wildman–Crippen LogP) is 2.98.